The molecule has 0 saturated carbocycles. The summed E-state index contributed by atoms with van der Waals surface area (Å²) in [6.45, 7) is 8.72. The maximum absolute atomic E-state index is 4.09. The Labute approximate surface area is 152 Å². The van der Waals surface area contributed by atoms with Gasteiger partial charge in [0, 0.05) is 0 Å². The van der Waals surface area contributed by atoms with E-state index in [4.69, 9.17) is 0 Å². The number of benzene rings is 1. The Morgan fingerprint density at radius 3 is 2.04 bits per heavy atom. The minimum atomic E-state index is -1.62. The molecule has 0 aliphatic rings. The second-order valence-electron chi connectivity index (χ2n) is 6.60. The average Bonchev–Trinajstić information content (AvgIpc) is 2.55. The molecule has 1 atom stereocenters. The predicted octanol–water partition coefficient (Wildman–Crippen LogP) is 5.56. The van der Waals surface area contributed by atoms with Gasteiger partial charge in [-0.15, -0.1) is 0 Å². The van der Waals surface area contributed by atoms with E-state index >= 15 is 0 Å². The molecule has 0 bridgehead atoms. The number of unbranched alkanes of at least 4 members (excludes halogenated alkanes) is 4. The monoisotopic (exact) mass is 511 g/mol. The summed E-state index contributed by atoms with van der Waals surface area (Å²) in [4.78, 5) is 2.30. The molecule has 0 heterocycles. The first-order valence-electron chi connectivity index (χ1n) is 9.28. The number of rotatable bonds is 12. The molecule has 0 aliphatic carbocycles. The Bertz CT molecular complexity index is 431. The van der Waals surface area contributed by atoms with Gasteiger partial charge in [-0.1, -0.05) is 0 Å². The van der Waals surface area contributed by atoms with E-state index in [1.807, 2.05) is 0 Å². The van der Waals surface area contributed by atoms with Gasteiger partial charge in [-0.05, 0) is 0 Å². The molecule has 1 nitrogen and oxygen atoms in total. The molecule has 1 rings (SSSR count). The van der Waals surface area contributed by atoms with E-state index in [1.165, 1.54) is 46.8 Å². The van der Waals surface area contributed by atoms with Crippen LogP contribution in [0, 0.1) is 0 Å². The molecule has 23 heavy (non-hydrogen) atoms. The molecule has 1 aromatic rings. The molecule has 0 amide bonds. The predicted molar refractivity (Wildman–Crippen MR) is 107 cm³/mol. The topological polar surface area (TPSA) is 3.24 Å². The molecule has 130 valence electrons. The summed E-state index contributed by atoms with van der Waals surface area (Å²) in [5, 5.41) is 0. The van der Waals surface area contributed by atoms with Crippen LogP contribution in [0.2, 0.25) is 8.26 Å². The van der Waals surface area contributed by atoms with E-state index in [9.17, 15) is 0 Å². The fourth-order valence-corrected chi connectivity index (χ4v) is 13.9. The summed E-state index contributed by atoms with van der Waals surface area (Å²) in [5.41, 5.74) is 1.54. The summed E-state index contributed by atoms with van der Waals surface area (Å²) in [6, 6.07) is 9.63. The van der Waals surface area contributed by atoms with Gasteiger partial charge in [-0.3, -0.25) is 0 Å². The third kappa shape index (κ3) is 7.06. The number of likely N-dealkylation sites (N-methyl/N-ethyl adjacent to an activating group) is 1. The molecule has 0 aromatic heterocycles. The third-order valence-electron chi connectivity index (χ3n) is 4.44. The van der Waals surface area contributed by atoms with Gasteiger partial charge < -0.3 is 0 Å². The zero-order valence-electron chi connectivity index (χ0n) is 15.7. The van der Waals surface area contributed by atoms with Gasteiger partial charge in [-0.2, -0.15) is 0 Å². The standard InChI is InChI=1S/C11H14N.2C5H11.Bi/c1-4-11(12(2)3)10-8-6-5-7-9-10;2*1-3-5-4-2;/h4-8,11H,1H2,2-3H3;2*1,3-5H2,2H3;. The zero-order valence-corrected chi connectivity index (χ0v) is 19.2. The van der Waals surface area contributed by atoms with Gasteiger partial charge in [0.15, 0.2) is 0 Å². The molecule has 0 fully saturated rings. The molecular weight excluding hydrogens is 475 g/mol. The van der Waals surface area contributed by atoms with Crippen LogP contribution in [-0.2, 0) is 0 Å². The van der Waals surface area contributed by atoms with Crippen LogP contribution in [-0.4, -0.2) is 40.7 Å². The summed E-state index contributed by atoms with van der Waals surface area (Å²) in [5.74, 6) is 0. The minimum absolute atomic E-state index is 0.362. The van der Waals surface area contributed by atoms with Crippen molar-refractivity contribution in [3.05, 3.63) is 42.5 Å². The summed E-state index contributed by atoms with van der Waals surface area (Å²) >= 11 is -1.62. The van der Waals surface area contributed by atoms with E-state index in [1.54, 1.807) is 8.83 Å². The third-order valence-corrected chi connectivity index (χ3v) is 15.3. The Morgan fingerprint density at radius 1 is 1.00 bits per heavy atom. The van der Waals surface area contributed by atoms with Crippen LogP contribution < -0.4 is 3.27 Å². The van der Waals surface area contributed by atoms with Crippen LogP contribution in [0.3, 0.4) is 0 Å². The van der Waals surface area contributed by atoms with E-state index in [0.717, 1.165) is 0 Å². The van der Waals surface area contributed by atoms with Gasteiger partial charge in [0.2, 0.25) is 0 Å². The molecule has 0 radical (unpaired) electrons. The van der Waals surface area contributed by atoms with Gasteiger partial charge in [-0.25, -0.2) is 0 Å². The van der Waals surface area contributed by atoms with Crippen molar-refractivity contribution >= 4 is 25.0 Å². The number of hydrogen-bond donors (Lipinski definition) is 0. The van der Waals surface area contributed by atoms with Gasteiger partial charge in [0.25, 0.3) is 0 Å². The Morgan fingerprint density at radius 2 is 1.57 bits per heavy atom. The second-order valence-corrected chi connectivity index (χ2v) is 16.2. The molecule has 0 N–H and O–H groups in total. The molecule has 0 spiro atoms. The Hall–Kier alpha value is -0.197. The zero-order chi connectivity index (χ0) is 17.1. The van der Waals surface area contributed by atoms with Crippen molar-refractivity contribution < 1.29 is 0 Å². The van der Waals surface area contributed by atoms with E-state index in [-0.39, 0.29) is 0 Å². The molecule has 0 aliphatic heterocycles. The first-order chi connectivity index (χ1) is 11.2. The molecule has 0 saturated heterocycles. The summed E-state index contributed by atoms with van der Waals surface area (Å²) in [7, 11) is 4.34. The van der Waals surface area contributed by atoms with Crippen LogP contribution in [0.25, 0.3) is 0 Å². The van der Waals surface area contributed by atoms with Crippen LogP contribution in [0.4, 0.5) is 0 Å². The van der Waals surface area contributed by atoms with Crippen molar-refractivity contribution in [1.82, 2.24) is 4.90 Å². The van der Waals surface area contributed by atoms with Crippen molar-refractivity contribution in [3.8, 4) is 0 Å². The average molecular weight is 512 g/mol. The quantitative estimate of drug-likeness (QED) is 0.202. The molecule has 1 unspecified atom stereocenters. The fourth-order valence-electron chi connectivity index (χ4n) is 3.10. The molecule has 1 aromatic carbocycles. The van der Waals surface area contributed by atoms with E-state index < -0.39 is 21.8 Å². The van der Waals surface area contributed by atoms with Crippen molar-refractivity contribution in [3.63, 3.8) is 0 Å². The number of hydrogen-bond acceptors (Lipinski definition) is 1. The Kier molecular flexibility index (Phi) is 11.1. The summed E-state index contributed by atoms with van der Waals surface area (Å²) in [6.07, 6.45) is 10.5. The van der Waals surface area contributed by atoms with E-state index in [0.29, 0.717) is 6.04 Å². The van der Waals surface area contributed by atoms with Crippen molar-refractivity contribution in [2.24, 2.45) is 0 Å². The SMILES string of the molecule is C=CC(c1cccc[c]1[Bi]([CH2]CCCC)[CH2]CCCC)N(C)C. The second kappa shape index (κ2) is 12.2. The van der Waals surface area contributed by atoms with Crippen LogP contribution in [0.5, 0.6) is 0 Å². The van der Waals surface area contributed by atoms with Crippen LogP contribution in [0.15, 0.2) is 36.9 Å². The first kappa shape index (κ1) is 20.8. The number of nitrogens with zero attached hydrogens (tertiary/aromatic N) is 1. The normalized spacial score (nSPS) is 12.8. The molecule has 2 heteroatoms. The van der Waals surface area contributed by atoms with Crippen LogP contribution in [0.1, 0.15) is 64.0 Å². The van der Waals surface area contributed by atoms with Gasteiger partial charge in [0.1, 0.15) is 0 Å². The van der Waals surface area contributed by atoms with Gasteiger partial charge in [0.05, 0.1) is 0 Å². The van der Waals surface area contributed by atoms with E-state index in [2.05, 4.69) is 69.8 Å². The maximum atomic E-state index is 4.09. The first-order valence-corrected chi connectivity index (χ1v) is 15.9. The van der Waals surface area contributed by atoms with Crippen molar-refractivity contribution in [2.75, 3.05) is 14.1 Å². The van der Waals surface area contributed by atoms with Crippen LogP contribution >= 0.6 is 0 Å². The fraction of sp³-hybridized carbons (Fsp3) is 0.619. The molecular formula is C21H36BiN. The summed E-state index contributed by atoms with van der Waals surface area (Å²) < 4.78 is 4.82. The van der Waals surface area contributed by atoms with Gasteiger partial charge >= 0.3 is 153 Å². The van der Waals surface area contributed by atoms with Crippen molar-refractivity contribution in [2.45, 2.75) is 66.7 Å². The Balaban J connectivity index is 3.00. The van der Waals surface area contributed by atoms with Crippen molar-refractivity contribution in [1.29, 1.82) is 0 Å².